The standard InChI is InChI=1S/C11H12F4N2/c1-6(2)17-5-16-8-4-3-7(12)9(10(8)17)11(13,14)15/h3-4,6,16H,5H2,1-2H3. The molecule has 0 aromatic heterocycles. The molecular formula is C11H12F4N2. The first kappa shape index (κ1) is 12.0. The summed E-state index contributed by atoms with van der Waals surface area (Å²) in [5.74, 6) is -1.23. The highest BCUT2D eigenvalue weighted by molar-refractivity contribution is 5.79. The molecule has 6 heteroatoms. The third-order valence-electron chi connectivity index (χ3n) is 2.76. The third-order valence-corrected chi connectivity index (χ3v) is 2.76. The predicted octanol–water partition coefficient (Wildman–Crippen LogP) is 3.44. The first-order chi connectivity index (χ1) is 7.82. The van der Waals surface area contributed by atoms with Crippen LogP contribution < -0.4 is 10.2 Å². The van der Waals surface area contributed by atoms with Gasteiger partial charge in [-0.05, 0) is 26.0 Å². The van der Waals surface area contributed by atoms with E-state index in [-0.39, 0.29) is 18.4 Å². The van der Waals surface area contributed by atoms with E-state index >= 15 is 0 Å². The number of nitrogens with zero attached hydrogens (tertiary/aromatic N) is 1. The summed E-state index contributed by atoms with van der Waals surface area (Å²) in [6.07, 6.45) is -4.69. The molecule has 1 heterocycles. The molecule has 2 rings (SSSR count). The average Bonchev–Trinajstić information content (AvgIpc) is 2.58. The Kier molecular flexibility index (Phi) is 2.67. The molecule has 17 heavy (non-hydrogen) atoms. The van der Waals surface area contributed by atoms with Gasteiger partial charge in [0.1, 0.15) is 11.4 Å². The summed E-state index contributed by atoms with van der Waals surface area (Å²) in [4.78, 5) is 1.50. The van der Waals surface area contributed by atoms with Crippen molar-refractivity contribution in [1.29, 1.82) is 0 Å². The van der Waals surface area contributed by atoms with Crippen molar-refractivity contribution >= 4 is 11.4 Å². The zero-order chi connectivity index (χ0) is 12.8. The molecule has 1 aliphatic heterocycles. The van der Waals surface area contributed by atoms with E-state index in [0.29, 0.717) is 5.69 Å². The van der Waals surface area contributed by atoms with Crippen LogP contribution in [0.2, 0.25) is 0 Å². The summed E-state index contributed by atoms with van der Waals surface area (Å²) in [6, 6.07) is 2.05. The maximum atomic E-state index is 13.4. The average molecular weight is 248 g/mol. The van der Waals surface area contributed by atoms with Crippen molar-refractivity contribution in [2.75, 3.05) is 16.9 Å². The Bertz CT molecular complexity index is 440. The molecule has 0 amide bonds. The number of benzene rings is 1. The monoisotopic (exact) mass is 248 g/mol. The number of rotatable bonds is 1. The van der Waals surface area contributed by atoms with Crippen LogP contribution in [0.5, 0.6) is 0 Å². The normalized spacial score (nSPS) is 15.1. The lowest BCUT2D eigenvalue weighted by atomic mass is 10.1. The highest BCUT2D eigenvalue weighted by Crippen LogP contribution is 2.45. The molecule has 0 saturated carbocycles. The molecule has 94 valence electrons. The molecule has 0 unspecified atom stereocenters. The molecule has 0 fully saturated rings. The molecular weight excluding hydrogens is 236 g/mol. The van der Waals surface area contributed by atoms with E-state index in [1.807, 2.05) is 0 Å². The van der Waals surface area contributed by atoms with Gasteiger partial charge in [0.05, 0.1) is 18.0 Å². The minimum atomic E-state index is -4.69. The highest BCUT2D eigenvalue weighted by Gasteiger charge is 2.41. The van der Waals surface area contributed by atoms with Crippen molar-refractivity contribution in [2.24, 2.45) is 0 Å². The van der Waals surface area contributed by atoms with E-state index < -0.39 is 17.6 Å². The molecule has 0 aliphatic carbocycles. The van der Waals surface area contributed by atoms with Gasteiger partial charge in [0.2, 0.25) is 0 Å². The Balaban J connectivity index is 2.64. The second kappa shape index (κ2) is 3.78. The van der Waals surface area contributed by atoms with E-state index in [1.165, 1.54) is 11.0 Å². The summed E-state index contributed by atoms with van der Waals surface area (Å²) in [7, 11) is 0. The molecule has 1 N–H and O–H groups in total. The second-order valence-corrected chi connectivity index (χ2v) is 4.21. The number of alkyl halides is 3. The minimum Gasteiger partial charge on any atom is -0.366 e. The minimum absolute atomic E-state index is 0.0903. The topological polar surface area (TPSA) is 15.3 Å². The molecule has 0 spiro atoms. The second-order valence-electron chi connectivity index (χ2n) is 4.21. The molecule has 0 bridgehead atoms. The van der Waals surface area contributed by atoms with Gasteiger partial charge in [-0.2, -0.15) is 13.2 Å². The number of halogens is 4. The van der Waals surface area contributed by atoms with Crippen LogP contribution in [0.25, 0.3) is 0 Å². The highest BCUT2D eigenvalue weighted by atomic mass is 19.4. The Labute approximate surface area is 96.2 Å². The summed E-state index contributed by atoms with van der Waals surface area (Å²) >= 11 is 0. The van der Waals surface area contributed by atoms with Gasteiger partial charge in [-0.3, -0.25) is 0 Å². The molecule has 0 radical (unpaired) electrons. The van der Waals surface area contributed by atoms with Crippen LogP contribution in [0.15, 0.2) is 12.1 Å². The maximum absolute atomic E-state index is 13.4. The van der Waals surface area contributed by atoms with Crippen LogP contribution in [-0.4, -0.2) is 12.7 Å². The summed E-state index contributed by atoms with van der Waals surface area (Å²) < 4.78 is 51.9. The van der Waals surface area contributed by atoms with E-state index in [0.717, 1.165) is 6.07 Å². The first-order valence-electron chi connectivity index (χ1n) is 5.22. The Morgan fingerprint density at radius 2 is 1.94 bits per heavy atom. The predicted molar refractivity (Wildman–Crippen MR) is 57.5 cm³/mol. The fraction of sp³-hybridized carbons (Fsp3) is 0.455. The van der Waals surface area contributed by atoms with Crippen LogP contribution in [0.4, 0.5) is 28.9 Å². The lowest BCUT2D eigenvalue weighted by molar-refractivity contribution is -0.139. The van der Waals surface area contributed by atoms with Gasteiger partial charge in [-0.25, -0.2) is 4.39 Å². The fourth-order valence-corrected chi connectivity index (χ4v) is 1.97. The summed E-state index contributed by atoms with van der Waals surface area (Å²) in [6.45, 7) is 3.79. The summed E-state index contributed by atoms with van der Waals surface area (Å²) in [5, 5.41) is 2.83. The van der Waals surface area contributed by atoms with Crippen molar-refractivity contribution < 1.29 is 17.6 Å². The third kappa shape index (κ3) is 1.92. The van der Waals surface area contributed by atoms with Crippen LogP contribution in [-0.2, 0) is 6.18 Å². The quantitative estimate of drug-likeness (QED) is 0.766. The largest absolute Gasteiger partial charge is 0.421 e. The van der Waals surface area contributed by atoms with Crippen molar-refractivity contribution in [2.45, 2.75) is 26.1 Å². The van der Waals surface area contributed by atoms with E-state index in [2.05, 4.69) is 5.32 Å². The van der Waals surface area contributed by atoms with Crippen LogP contribution in [0, 0.1) is 5.82 Å². The van der Waals surface area contributed by atoms with Gasteiger partial charge in [-0.1, -0.05) is 0 Å². The molecule has 1 aliphatic rings. The molecule has 2 nitrogen and oxygen atoms in total. The maximum Gasteiger partial charge on any atom is 0.421 e. The molecule has 1 aromatic carbocycles. The Morgan fingerprint density at radius 3 is 2.47 bits per heavy atom. The van der Waals surface area contributed by atoms with Crippen molar-refractivity contribution in [1.82, 2.24) is 0 Å². The van der Waals surface area contributed by atoms with E-state index in [9.17, 15) is 17.6 Å². The number of anilines is 2. The van der Waals surface area contributed by atoms with Crippen molar-refractivity contribution in [3.8, 4) is 0 Å². The molecule has 0 atom stereocenters. The van der Waals surface area contributed by atoms with Crippen LogP contribution >= 0.6 is 0 Å². The lowest BCUT2D eigenvalue weighted by Crippen LogP contribution is -2.31. The van der Waals surface area contributed by atoms with Crippen molar-refractivity contribution in [3.05, 3.63) is 23.5 Å². The van der Waals surface area contributed by atoms with Gasteiger partial charge in [-0.15, -0.1) is 0 Å². The van der Waals surface area contributed by atoms with Gasteiger partial charge >= 0.3 is 6.18 Å². The van der Waals surface area contributed by atoms with E-state index in [1.54, 1.807) is 13.8 Å². The molecule has 0 saturated heterocycles. The Hall–Kier alpha value is -1.46. The molecule has 1 aromatic rings. The SMILES string of the molecule is CC(C)N1CNc2ccc(F)c(C(F)(F)F)c21. The lowest BCUT2D eigenvalue weighted by Gasteiger charge is -2.25. The zero-order valence-electron chi connectivity index (χ0n) is 9.40. The van der Waals surface area contributed by atoms with Crippen molar-refractivity contribution in [3.63, 3.8) is 0 Å². The number of nitrogens with one attached hydrogen (secondary N) is 1. The number of hydrogen-bond donors (Lipinski definition) is 1. The van der Waals surface area contributed by atoms with Gasteiger partial charge in [0.15, 0.2) is 0 Å². The van der Waals surface area contributed by atoms with Gasteiger partial charge < -0.3 is 10.2 Å². The van der Waals surface area contributed by atoms with Crippen LogP contribution in [0.3, 0.4) is 0 Å². The first-order valence-corrected chi connectivity index (χ1v) is 5.22. The summed E-state index contributed by atoms with van der Waals surface area (Å²) in [5.41, 5.74) is -0.950. The van der Waals surface area contributed by atoms with Gasteiger partial charge in [0.25, 0.3) is 0 Å². The smallest absolute Gasteiger partial charge is 0.366 e. The van der Waals surface area contributed by atoms with Gasteiger partial charge in [0, 0.05) is 6.04 Å². The van der Waals surface area contributed by atoms with Crippen LogP contribution in [0.1, 0.15) is 19.4 Å². The zero-order valence-corrected chi connectivity index (χ0v) is 9.40. The Morgan fingerprint density at radius 1 is 1.29 bits per heavy atom. The number of fused-ring (bicyclic) bond motifs is 1. The van der Waals surface area contributed by atoms with E-state index in [4.69, 9.17) is 0 Å². The fourth-order valence-electron chi connectivity index (χ4n) is 1.97. The number of hydrogen-bond acceptors (Lipinski definition) is 2.